The van der Waals surface area contributed by atoms with Gasteiger partial charge < -0.3 is 4.57 Å². The molecule has 0 fully saturated rings. The van der Waals surface area contributed by atoms with Gasteiger partial charge in [-0.15, -0.1) is 15.3 Å². The third kappa shape index (κ3) is 3.42. The predicted octanol–water partition coefficient (Wildman–Crippen LogP) is 3.43. The highest BCUT2D eigenvalue weighted by Gasteiger charge is 2.12. The second kappa shape index (κ2) is 6.55. The van der Waals surface area contributed by atoms with Gasteiger partial charge >= 0.3 is 0 Å². The van der Waals surface area contributed by atoms with Crippen LogP contribution in [0.4, 0.5) is 0 Å². The van der Waals surface area contributed by atoms with Crippen molar-refractivity contribution in [1.82, 2.24) is 24.4 Å². The van der Waals surface area contributed by atoms with Crippen LogP contribution < -0.4 is 0 Å². The molecule has 0 aliphatic carbocycles. The Morgan fingerprint density at radius 1 is 1.19 bits per heavy atom. The molecular weight excluding hydrogens is 326 g/mol. The van der Waals surface area contributed by atoms with Crippen LogP contribution in [0, 0.1) is 6.92 Å². The number of halogens is 1. The summed E-state index contributed by atoms with van der Waals surface area (Å²) < 4.78 is 6.56. The van der Waals surface area contributed by atoms with Gasteiger partial charge in [0.25, 0.3) is 0 Å². The van der Waals surface area contributed by atoms with Gasteiger partial charge in [-0.3, -0.25) is 0 Å². The first-order chi connectivity index (χ1) is 10.2. The number of rotatable bonds is 5. The lowest BCUT2D eigenvalue weighted by atomic mass is 10.2. The lowest BCUT2D eigenvalue weighted by molar-refractivity contribution is 0.688. The summed E-state index contributed by atoms with van der Waals surface area (Å²) >= 11 is 8.79. The molecule has 5 nitrogen and oxygen atoms in total. The topological polar surface area (TPSA) is 56.5 Å². The summed E-state index contributed by atoms with van der Waals surface area (Å²) in [6.07, 6.45) is 0. The van der Waals surface area contributed by atoms with E-state index in [0.29, 0.717) is 10.1 Å². The summed E-state index contributed by atoms with van der Waals surface area (Å²) in [5.41, 5.74) is 2.01. The minimum absolute atomic E-state index is 0.633. The Labute approximate surface area is 135 Å². The van der Waals surface area contributed by atoms with Gasteiger partial charge in [0, 0.05) is 17.3 Å². The van der Waals surface area contributed by atoms with E-state index in [-0.39, 0.29) is 0 Å². The molecule has 8 heteroatoms. The molecule has 2 heterocycles. The van der Waals surface area contributed by atoms with Crippen molar-refractivity contribution in [2.24, 2.45) is 0 Å². The Kier molecular flexibility index (Phi) is 4.52. The zero-order valence-corrected chi connectivity index (χ0v) is 13.6. The van der Waals surface area contributed by atoms with E-state index >= 15 is 0 Å². The molecule has 0 spiro atoms. The van der Waals surface area contributed by atoms with Crippen molar-refractivity contribution in [3.63, 3.8) is 0 Å². The molecule has 0 saturated heterocycles. The van der Waals surface area contributed by atoms with Crippen molar-refractivity contribution >= 4 is 34.9 Å². The molecular formula is C13H12ClN5S2. The van der Waals surface area contributed by atoms with E-state index in [2.05, 4.69) is 36.5 Å². The van der Waals surface area contributed by atoms with Crippen molar-refractivity contribution in [2.75, 3.05) is 0 Å². The molecule has 3 aromatic rings. The van der Waals surface area contributed by atoms with E-state index in [4.69, 9.17) is 11.6 Å². The standard InChI is InChI=1S/C13H12ClN5S2/c1-9-15-17-13(20-8-11-12(14)21-18-16-11)19(9)7-10-5-3-2-4-6-10/h2-6H,7-8H2,1H3. The smallest absolute Gasteiger partial charge is 0.191 e. The zero-order valence-electron chi connectivity index (χ0n) is 11.2. The summed E-state index contributed by atoms with van der Waals surface area (Å²) in [5.74, 6) is 1.53. The third-order valence-corrected chi connectivity index (χ3v) is 4.90. The molecule has 0 saturated carbocycles. The second-order valence-corrected chi connectivity index (χ2v) is 6.68. The monoisotopic (exact) mass is 337 g/mol. The summed E-state index contributed by atoms with van der Waals surface area (Å²) in [5, 5.41) is 13.3. The van der Waals surface area contributed by atoms with Gasteiger partial charge in [-0.1, -0.05) is 58.2 Å². The van der Waals surface area contributed by atoms with Crippen molar-refractivity contribution in [3.8, 4) is 0 Å². The molecule has 0 aliphatic rings. The molecule has 3 rings (SSSR count). The Hall–Kier alpha value is -1.44. The average Bonchev–Trinajstić information content (AvgIpc) is 3.06. The van der Waals surface area contributed by atoms with Gasteiger partial charge in [0.15, 0.2) is 5.16 Å². The largest absolute Gasteiger partial charge is 0.302 e. The lowest BCUT2D eigenvalue weighted by Gasteiger charge is -2.07. The first-order valence-electron chi connectivity index (χ1n) is 6.27. The molecule has 0 aliphatic heterocycles. The van der Waals surface area contributed by atoms with Gasteiger partial charge in [-0.05, 0) is 12.5 Å². The fourth-order valence-corrected chi connectivity index (χ4v) is 3.55. The van der Waals surface area contributed by atoms with Crippen molar-refractivity contribution < 1.29 is 0 Å². The number of aryl methyl sites for hydroxylation is 1. The number of nitrogens with zero attached hydrogens (tertiary/aromatic N) is 5. The summed E-state index contributed by atoms with van der Waals surface area (Å²) in [7, 11) is 0. The van der Waals surface area contributed by atoms with Crippen molar-refractivity contribution in [1.29, 1.82) is 0 Å². The van der Waals surface area contributed by atoms with Crippen LogP contribution in [0.3, 0.4) is 0 Å². The molecule has 21 heavy (non-hydrogen) atoms. The fraction of sp³-hybridized carbons (Fsp3) is 0.231. The van der Waals surface area contributed by atoms with E-state index in [1.807, 2.05) is 25.1 Å². The number of aromatic nitrogens is 5. The third-order valence-electron chi connectivity index (χ3n) is 2.93. The molecule has 0 atom stereocenters. The SMILES string of the molecule is Cc1nnc(SCc2nnsc2Cl)n1Cc1ccccc1. The number of hydrogen-bond donors (Lipinski definition) is 0. The van der Waals surface area contributed by atoms with Gasteiger partial charge in [-0.2, -0.15) is 0 Å². The molecule has 108 valence electrons. The molecule has 0 unspecified atom stereocenters. The number of hydrogen-bond acceptors (Lipinski definition) is 6. The van der Waals surface area contributed by atoms with Crippen LogP contribution in [0.15, 0.2) is 35.5 Å². The molecule has 0 radical (unpaired) electrons. The summed E-state index contributed by atoms with van der Waals surface area (Å²) in [6, 6.07) is 10.3. The lowest BCUT2D eigenvalue weighted by Crippen LogP contribution is -2.03. The summed E-state index contributed by atoms with van der Waals surface area (Å²) in [4.78, 5) is 0. The van der Waals surface area contributed by atoms with Crippen LogP contribution >= 0.6 is 34.9 Å². The van der Waals surface area contributed by atoms with E-state index in [0.717, 1.165) is 23.2 Å². The van der Waals surface area contributed by atoms with Crippen LogP contribution in [0.2, 0.25) is 4.34 Å². The van der Waals surface area contributed by atoms with Crippen molar-refractivity contribution in [2.45, 2.75) is 24.4 Å². The maximum atomic E-state index is 6.02. The zero-order chi connectivity index (χ0) is 14.7. The first-order valence-corrected chi connectivity index (χ1v) is 8.41. The van der Waals surface area contributed by atoms with Crippen LogP contribution in [0.1, 0.15) is 17.1 Å². The molecule has 1 aromatic carbocycles. The van der Waals surface area contributed by atoms with Gasteiger partial charge in [0.05, 0.1) is 6.54 Å². The van der Waals surface area contributed by atoms with E-state index in [9.17, 15) is 0 Å². The minimum atomic E-state index is 0.633. The quantitative estimate of drug-likeness (QED) is 0.667. The maximum absolute atomic E-state index is 6.02. The van der Waals surface area contributed by atoms with Gasteiger partial charge in [-0.25, -0.2) is 0 Å². The Bertz CT molecular complexity index is 725. The van der Waals surface area contributed by atoms with Gasteiger partial charge in [0.1, 0.15) is 15.9 Å². The highest BCUT2D eigenvalue weighted by Crippen LogP contribution is 2.26. The molecule has 2 aromatic heterocycles. The van der Waals surface area contributed by atoms with Crippen LogP contribution in [-0.4, -0.2) is 24.4 Å². The van der Waals surface area contributed by atoms with Crippen LogP contribution in [-0.2, 0) is 12.3 Å². The molecule has 0 amide bonds. The number of benzene rings is 1. The second-order valence-electron chi connectivity index (χ2n) is 4.38. The van der Waals surface area contributed by atoms with E-state index in [1.165, 1.54) is 17.1 Å². The Balaban J connectivity index is 1.76. The Morgan fingerprint density at radius 2 is 2.00 bits per heavy atom. The maximum Gasteiger partial charge on any atom is 0.191 e. The van der Waals surface area contributed by atoms with Gasteiger partial charge in [0.2, 0.25) is 0 Å². The molecule has 0 N–H and O–H groups in total. The molecule has 0 bridgehead atoms. The fourth-order valence-electron chi connectivity index (χ4n) is 1.83. The van der Waals surface area contributed by atoms with Crippen LogP contribution in [0.5, 0.6) is 0 Å². The Morgan fingerprint density at radius 3 is 2.71 bits per heavy atom. The summed E-state index contributed by atoms with van der Waals surface area (Å²) in [6.45, 7) is 2.71. The normalized spacial score (nSPS) is 11.0. The predicted molar refractivity (Wildman–Crippen MR) is 84.8 cm³/mol. The highest BCUT2D eigenvalue weighted by molar-refractivity contribution is 7.98. The minimum Gasteiger partial charge on any atom is -0.302 e. The highest BCUT2D eigenvalue weighted by atomic mass is 35.5. The van der Waals surface area contributed by atoms with E-state index < -0.39 is 0 Å². The average molecular weight is 338 g/mol. The van der Waals surface area contributed by atoms with E-state index in [1.54, 1.807) is 11.8 Å². The van der Waals surface area contributed by atoms with Crippen molar-refractivity contribution in [3.05, 3.63) is 51.7 Å². The number of thioether (sulfide) groups is 1. The van der Waals surface area contributed by atoms with Crippen LogP contribution in [0.25, 0.3) is 0 Å². The first kappa shape index (κ1) is 14.5.